The lowest BCUT2D eigenvalue weighted by Crippen LogP contribution is -2.56. The first-order valence-corrected chi connectivity index (χ1v) is 4.66. The van der Waals surface area contributed by atoms with Crippen LogP contribution in [0.5, 0.6) is 0 Å². The van der Waals surface area contributed by atoms with Crippen LogP contribution in [0.2, 0.25) is 0 Å². The van der Waals surface area contributed by atoms with Crippen LogP contribution in [0.25, 0.3) is 0 Å². The molecule has 1 saturated carbocycles. The molecule has 0 bridgehead atoms. The molecule has 2 heteroatoms. The highest BCUT2D eigenvalue weighted by Crippen LogP contribution is 2.40. The molecule has 2 rings (SSSR count). The van der Waals surface area contributed by atoms with Gasteiger partial charge in [0, 0.05) is 6.04 Å². The molecule has 0 aromatic carbocycles. The summed E-state index contributed by atoms with van der Waals surface area (Å²) in [6.07, 6.45) is 2.86. The molecule has 2 fully saturated rings. The minimum atomic E-state index is 0.868. The Hall–Kier alpha value is -0.0800. The quantitative estimate of drug-likeness (QED) is 0.593. The molecule has 1 aliphatic carbocycles. The second kappa shape index (κ2) is 2.76. The lowest BCUT2D eigenvalue weighted by Gasteiger charge is -2.50. The van der Waals surface area contributed by atoms with Gasteiger partial charge in [0.25, 0.3) is 0 Å². The van der Waals surface area contributed by atoms with Crippen LogP contribution in [0.3, 0.4) is 0 Å². The average molecular weight is 154 g/mol. The maximum absolute atomic E-state index is 3.47. The zero-order valence-electron chi connectivity index (χ0n) is 7.51. The number of nitrogens with one attached hydrogen (secondary N) is 1. The maximum atomic E-state index is 3.47. The van der Waals surface area contributed by atoms with Crippen LogP contribution in [-0.2, 0) is 0 Å². The molecule has 1 aliphatic heterocycles. The van der Waals surface area contributed by atoms with Crippen LogP contribution in [0.1, 0.15) is 12.8 Å². The molecule has 2 aliphatic rings. The van der Waals surface area contributed by atoms with Crippen molar-refractivity contribution in [1.29, 1.82) is 0 Å². The highest BCUT2D eigenvalue weighted by molar-refractivity contribution is 4.97. The first-order chi connectivity index (χ1) is 5.29. The fourth-order valence-corrected chi connectivity index (χ4v) is 2.56. The molecule has 64 valence electrons. The smallest absolute Gasteiger partial charge is 0.0135 e. The first kappa shape index (κ1) is 7.56. The molecule has 0 spiro atoms. The van der Waals surface area contributed by atoms with Crippen LogP contribution >= 0.6 is 0 Å². The second-order valence-electron chi connectivity index (χ2n) is 4.18. The Labute approximate surface area is 69.0 Å². The van der Waals surface area contributed by atoms with Gasteiger partial charge in [0.1, 0.15) is 0 Å². The van der Waals surface area contributed by atoms with Gasteiger partial charge in [0.05, 0.1) is 0 Å². The monoisotopic (exact) mass is 154 g/mol. The fourth-order valence-electron chi connectivity index (χ4n) is 2.56. The molecule has 1 saturated heterocycles. The van der Waals surface area contributed by atoms with E-state index in [1.807, 2.05) is 0 Å². The third-order valence-electron chi connectivity index (χ3n) is 3.38. The topological polar surface area (TPSA) is 15.3 Å². The molecule has 11 heavy (non-hydrogen) atoms. The molecular formula is C9H18N2. The van der Waals surface area contributed by atoms with E-state index >= 15 is 0 Å². The summed E-state index contributed by atoms with van der Waals surface area (Å²) in [5.41, 5.74) is 0. The van der Waals surface area contributed by atoms with Gasteiger partial charge in [-0.15, -0.1) is 0 Å². The molecule has 0 unspecified atom stereocenters. The average Bonchev–Trinajstić information content (AvgIpc) is 1.90. The summed E-state index contributed by atoms with van der Waals surface area (Å²) in [6.45, 7) is 2.51. The molecule has 0 radical (unpaired) electrons. The fraction of sp³-hybridized carbons (Fsp3) is 1.00. The number of fused-ring (bicyclic) bond motifs is 1. The molecule has 0 amide bonds. The van der Waals surface area contributed by atoms with Crippen molar-refractivity contribution in [1.82, 2.24) is 10.2 Å². The van der Waals surface area contributed by atoms with E-state index in [0.29, 0.717) is 0 Å². The van der Waals surface area contributed by atoms with Crippen LogP contribution in [-0.4, -0.2) is 38.1 Å². The van der Waals surface area contributed by atoms with Crippen LogP contribution in [0.4, 0.5) is 0 Å². The highest BCUT2D eigenvalue weighted by Gasteiger charge is 2.42. The van der Waals surface area contributed by atoms with Crippen LogP contribution in [0, 0.1) is 11.8 Å². The largest absolute Gasteiger partial charge is 0.316 e. The number of hydrogen-bond acceptors (Lipinski definition) is 2. The summed E-state index contributed by atoms with van der Waals surface area (Å²) < 4.78 is 0. The lowest BCUT2D eigenvalue weighted by atomic mass is 9.65. The normalized spacial score (nSPS) is 43.4. The van der Waals surface area contributed by atoms with E-state index in [9.17, 15) is 0 Å². The predicted octanol–water partition coefficient (Wildman–Crippen LogP) is 0.546. The highest BCUT2D eigenvalue weighted by atomic mass is 15.1. The molecule has 0 aromatic rings. The number of rotatable bonds is 1. The van der Waals surface area contributed by atoms with Crippen molar-refractivity contribution in [2.45, 2.75) is 18.9 Å². The lowest BCUT2D eigenvalue weighted by molar-refractivity contribution is 0.0122. The standard InChI is InChI=1S/C9H18N2/c1-11(2)9-5-7-3-4-10-6-8(7)9/h7-10H,3-6H2,1-2H3/t7-,8-,9-/m1/s1. The second-order valence-corrected chi connectivity index (χ2v) is 4.18. The van der Waals surface area contributed by atoms with Gasteiger partial charge >= 0.3 is 0 Å². The summed E-state index contributed by atoms with van der Waals surface area (Å²) in [5, 5.41) is 3.47. The number of nitrogens with zero attached hydrogens (tertiary/aromatic N) is 1. The minimum Gasteiger partial charge on any atom is -0.316 e. The Bertz CT molecular complexity index is 144. The summed E-state index contributed by atoms with van der Waals surface area (Å²) in [4.78, 5) is 2.38. The van der Waals surface area contributed by atoms with Gasteiger partial charge in [-0.2, -0.15) is 0 Å². The Morgan fingerprint density at radius 3 is 2.82 bits per heavy atom. The summed E-state index contributed by atoms with van der Waals surface area (Å²) in [6, 6.07) is 0.868. The van der Waals surface area contributed by atoms with Gasteiger partial charge < -0.3 is 10.2 Å². The van der Waals surface area contributed by atoms with E-state index in [1.54, 1.807) is 0 Å². The summed E-state index contributed by atoms with van der Waals surface area (Å²) in [5.74, 6) is 2.00. The summed E-state index contributed by atoms with van der Waals surface area (Å²) >= 11 is 0. The van der Waals surface area contributed by atoms with Gasteiger partial charge in [-0.3, -0.25) is 0 Å². The SMILES string of the molecule is CN(C)[C@@H]1C[C@H]2CCNC[C@H]21. The zero-order valence-corrected chi connectivity index (χ0v) is 7.51. The molecule has 1 N–H and O–H groups in total. The molecular weight excluding hydrogens is 136 g/mol. The van der Waals surface area contributed by atoms with Crippen molar-refractivity contribution < 1.29 is 0 Å². The zero-order chi connectivity index (χ0) is 7.84. The molecule has 0 aromatic heterocycles. The van der Waals surface area contributed by atoms with E-state index in [4.69, 9.17) is 0 Å². The number of piperidine rings is 1. The Balaban J connectivity index is 1.91. The van der Waals surface area contributed by atoms with Crippen LogP contribution in [0.15, 0.2) is 0 Å². The van der Waals surface area contributed by atoms with Gasteiger partial charge in [0.15, 0.2) is 0 Å². The third-order valence-corrected chi connectivity index (χ3v) is 3.38. The Kier molecular flexibility index (Phi) is 1.90. The van der Waals surface area contributed by atoms with Crippen molar-refractivity contribution in [3.05, 3.63) is 0 Å². The van der Waals surface area contributed by atoms with E-state index in [-0.39, 0.29) is 0 Å². The Morgan fingerprint density at radius 2 is 2.18 bits per heavy atom. The summed E-state index contributed by atoms with van der Waals surface area (Å²) in [7, 11) is 4.41. The van der Waals surface area contributed by atoms with Crippen molar-refractivity contribution >= 4 is 0 Å². The van der Waals surface area contributed by atoms with Gasteiger partial charge in [-0.25, -0.2) is 0 Å². The first-order valence-electron chi connectivity index (χ1n) is 4.66. The maximum Gasteiger partial charge on any atom is 0.0135 e. The van der Waals surface area contributed by atoms with Crippen LogP contribution < -0.4 is 5.32 Å². The van der Waals surface area contributed by atoms with Crippen molar-refractivity contribution in [2.24, 2.45) is 11.8 Å². The van der Waals surface area contributed by atoms with Crippen molar-refractivity contribution in [3.63, 3.8) is 0 Å². The van der Waals surface area contributed by atoms with Gasteiger partial charge in [-0.05, 0) is 51.9 Å². The van der Waals surface area contributed by atoms with Crippen molar-refractivity contribution in [3.8, 4) is 0 Å². The molecule has 3 atom stereocenters. The van der Waals surface area contributed by atoms with Crippen molar-refractivity contribution in [2.75, 3.05) is 27.2 Å². The van der Waals surface area contributed by atoms with E-state index in [0.717, 1.165) is 17.9 Å². The molecule has 2 nitrogen and oxygen atoms in total. The van der Waals surface area contributed by atoms with E-state index in [2.05, 4.69) is 24.3 Å². The van der Waals surface area contributed by atoms with Gasteiger partial charge in [-0.1, -0.05) is 0 Å². The molecule has 1 heterocycles. The number of hydrogen-bond donors (Lipinski definition) is 1. The van der Waals surface area contributed by atoms with E-state index < -0.39 is 0 Å². The third kappa shape index (κ3) is 1.18. The van der Waals surface area contributed by atoms with Gasteiger partial charge in [0.2, 0.25) is 0 Å². The Morgan fingerprint density at radius 1 is 1.36 bits per heavy atom. The predicted molar refractivity (Wildman–Crippen MR) is 46.6 cm³/mol. The van der Waals surface area contributed by atoms with E-state index in [1.165, 1.54) is 25.9 Å². The minimum absolute atomic E-state index is 0.868.